The summed E-state index contributed by atoms with van der Waals surface area (Å²) < 4.78 is 23.0. The lowest BCUT2D eigenvalue weighted by molar-refractivity contribution is 0.00794. The van der Waals surface area contributed by atoms with Crippen LogP contribution in [0.2, 0.25) is 0 Å². The van der Waals surface area contributed by atoms with Crippen LogP contribution in [-0.2, 0) is 14.2 Å². The first-order valence-corrected chi connectivity index (χ1v) is 11.8. The minimum atomic E-state index is -0.597. The maximum atomic E-state index is 9.97. The lowest BCUT2D eigenvalue weighted by Crippen LogP contribution is -2.34. The van der Waals surface area contributed by atoms with E-state index in [2.05, 4.69) is 46.4 Å². The highest BCUT2D eigenvalue weighted by atomic mass is 16.6. The molecule has 1 aromatic carbocycles. The minimum absolute atomic E-state index is 0.0646. The fourth-order valence-electron chi connectivity index (χ4n) is 5.11. The van der Waals surface area contributed by atoms with Crippen LogP contribution in [0.25, 0.3) is 27.9 Å². The quantitative estimate of drug-likeness (QED) is 0.609. The number of hydrogen-bond acceptors (Lipinski definition) is 7. The number of pyridine rings is 1. The molecule has 0 aliphatic carbocycles. The predicted octanol–water partition coefficient (Wildman–Crippen LogP) is 3.07. The molecule has 34 heavy (non-hydrogen) atoms. The number of benzene rings is 1. The van der Waals surface area contributed by atoms with Gasteiger partial charge in [0.1, 0.15) is 24.4 Å². The van der Waals surface area contributed by atoms with E-state index in [1.165, 1.54) is 11.1 Å². The highest BCUT2D eigenvalue weighted by Crippen LogP contribution is 2.37. The normalized spacial score (nSPS) is 29.9. The Kier molecular flexibility index (Phi) is 4.80. The summed E-state index contributed by atoms with van der Waals surface area (Å²) in [6.45, 7) is 2.11. The highest BCUT2D eigenvalue weighted by molar-refractivity contribution is 5.89. The molecule has 4 aliphatic rings. The standard InChI is InChI=1S/C26H25N3O5/c30-21-12-32-26-22(13-33-25(21)26)34-23-10-19-18(28-23)9-17(20-11-27-20)24(29-19)16-3-1-14(2-4-16)15-5-7-31-8-6-15/h1-5,9-11,20-22,25-26,28,30H,6-8,12-13H2/t20?,21-,22-,25-,26-/m1/s1. The molecule has 4 aliphatic heterocycles. The van der Waals surface area contributed by atoms with Crippen LogP contribution >= 0.6 is 0 Å². The Morgan fingerprint density at radius 1 is 1.03 bits per heavy atom. The first-order valence-electron chi connectivity index (χ1n) is 11.8. The Bertz CT molecular complexity index is 1290. The van der Waals surface area contributed by atoms with E-state index in [1.54, 1.807) is 0 Å². The number of aromatic amines is 1. The van der Waals surface area contributed by atoms with Gasteiger partial charge in [0, 0.05) is 23.4 Å². The average molecular weight is 460 g/mol. The van der Waals surface area contributed by atoms with E-state index < -0.39 is 6.10 Å². The molecule has 0 spiro atoms. The number of rotatable bonds is 5. The second kappa shape index (κ2) is 8.02. The second-order valence-electron chi connectivity index (χ2n) is 9.19. The van der Waals surface area contributed by atoms with E-state index >= 15 is 0 Å². The van der Waals surface area contributed by atoms with E-state index in [9.17, 15) is 5.11 Å². The second-order valence-corrected chi connectivity index (χ2v) is 9.19. The lowest BCUT2D eigenvalue weighted by Gasteiger charge is -2.16. The number of H-pyrrole nitrogens is 1. The number of nitrogens with zero attached hydrogens (tertiary/aromatic N) is 2. The number of aliphatic hydroxyl groups excluding tert-OH is 1. The molecular formula is C26H25N3O5. The van der Waals surface area contributed by atoms with E-state index in [0.29, 0.717) is 19.1 Å². The van der Waals surface area contributed by atoms with Crippen LogP contribution in [0, 0.1) is 0 Å². The van der Waals surface area contributed by atoms with Gasteiger partial charge in [-0.3, -0.25) is 4.99 Å². The van der Waals surface area contributed by atoms with Crippen molar-refractivity contribution in [2.24, 2.45) is 4.99 Å². The topological polar surface area (TPSA) is 98.2 Å². The highest BCUT2D eigenvalue weighted by Gasteiger charge is 2.48. The minimum Gasteiger partial charge on any atom is -0.470 e. The maximum absolute atomic E-state index is 9.97. The molecule has 2 saturated heterocycles. The van der Waals surface area contributed by atoms with Crippen molar-refractivity contribution in [3.63, 3.8) is 0 Å². The number of aromatic nitrogens is 2. The van der Waals surface area contributed by atoms with Crippen LogP contribution in [0.1, 0.15) is 23.6 Å². The van der Waals surface area contributed by atoms with Gasteiger partial charge in [0.25, 0.3) is 0 Å². The van der Waals surface area contributed by atoms with Gasteiger partial charge < -0.3 is 29.0 Å². The van der Waals surface area contributed by atoms with Crippen molar-refractivity contribution >= 4 is 22.8 Å². The van der Waals surface area contributed by atoms with Gasteiger partial charge in [-0.2, -0.15) is 0 Å². The van der Waals surface area contributed by atoms with E-state index in [1.807, 2.05) is 12.3 Å². The zero-order chi connectivity index (χ0) is 22.6. The Labute approximate surface area is 196 Å². The first kappa shape index (κ1) is 20.3. The molecule has 174 valence electrons. The summed E-state index contributed by atoms with van der Waals surface area (Å²) in [7, 11) is 0. The van der Waals surface area contributed by atoms with Gasteiger partial charge in [-0.1, -0.05) is 30.3 Å². The number of aliphatic hydroxyl groups is 1. The van der Waals surface area contributed by atoms with Crippen LogP contribution in [0.5, 0.6) is 5.88 Å². The van der Waals surface area contributed by atoms with Crippen molar-refractivity contribution in [2.75, 3.05) is 26.4 Å². The van der Waals surface area contributed by atoms with E-state index in [4.69, 9.17) is 23.9 Å². The zero-order valence-corrected chi connectivity index (χ0v) is 18.5. The Morgan fingerprint density at radius 3 is 2.65 bits per heavy atom. The molecule has 0 radical (unpaired) electrons. The van der Waals surface area contributed by atoms with Gasteiger partial charge in [-0.15, -0.1) is 0 Å². The number of aliphatic imine (C=N–C) groups is 1. The predicted molar refractivity (Wildman–Crippen MR) is 126 cm³/mol. The van der Waals surface area contributed by atoms with Gasteiger partial charge in [0.2, 0.25) is 0 Å². The monoisotopic (exact) mass is 459 g/mol. The SMILES string of the molecule is O[C@@H]1CO[C@H]2[C@@H]1OC[C@H]2Oc1cc2nc(-c3ccc(C4=CCOCC4)cc3)c(C3C=N3)cc2[nH]1. The zero-order valence-electron chi connectivity index (χ0n) is 18.5. The molecule has 5 atom stereocenters. The van der Waals surface area contributed by atoms with Crippen molar-refractivity contribution in [1.82, 2.24) is 9.97 Å². The largest absolute Gasteiger partial charge is 0.470 e. The van der Waals surface area contributed by atoms with Gasteiger partial charge in [-0.25, -0.2) is 4.98 Å². The number of hydrogen-bond donors (Lipinski definition) is 2. The molecular weight excluding hydrogens is 434 g/mol. The van der Waals surface area contributed by atoms with Gasteiger partial charge >= 0.3 is 0 Å². The number of nitrogens with one attached hydrogen (secondary N) is 1. The average Bonchev–Trinajstić information content (AvgIpc) is 3.37. The molecule has 8 nitrogen and oxygen atoms in total. The molecule has 6 heterocycles. The van der Waals surface area contributed by atoms with Gasteiger partial charge in [0.05, 0.1) is 43.2 Å². The third-order valence-electron chi connectivity index (χ3n) is 6.98. The third kappa shape index (κ3) is 3.54. The molecule has 0 bridgehead atoms. The molecule has 2 N–H and O–H groups in total. The maximum Gasteiger partial charge on any atom is 0.193 e. The Balaban J connectivity index is 1.19. The fraction of sp³-hybridized carbons (Fsp3) is 0.385. The molecule has 7 rings (SSSR count). The third-order valence-corrected chi connectivity index (χ3v) is 6.98. The lowest BCUT2D eigenvalue weighted by atomic mass is 9.97. The van der Waals surface area contributed by atoms with E-state index in [-0.39, 0.29) is 31.0 Å². The van der Waals surface area contributed by atoms with Gasteiger partial charge in [-0.05, 0) is 23.6 Å². The Morgan fingerprint density at radius 2 is 1.85 bits per heavy atom. The molecule has 2 aromatic heterocycles. The van der Waals surface area contributed by atoms with Crippen LogP contribution in [0.15, 0.2) is 47.5 Å². The molecule has 2 fully saturated rings. The summed E-state index contributed by atoms with van der Waals surface area (Å²) in [6, 6.07) is 12.7. The number of ether oxygens (including phenoxy) is 4. The van der Waals surface area contributed by atoms with Crippen LogP contribution in [-0.4, -0.2) is 72.1 Å². The summed E-state index contributed by atoms with van der Waals surface area (Å²) >= 11 is 0. The molecule has 0 saturated carbocycles. The van der Waals surface area contributed by atoms with Crippen LogP contribution in [0.3, 0.4) is 0 Å². The van der Waals surface area contributed by atoms with Crippen molar-refractivity contribution in [2.45, 2.75) is 36.9 Å². The summed E-state index contributed by atoms with van der Waals surface area (Å²) in [5.74, 6) is 0.614. The molecule has 3 aromatic rings. The summed E-state index contributed by atoms with van der Waals surface area (Å²) in [4.78, 5) is 12.7. The smallest absolute Gasteiger partial charge is 0.193 e. The Hall–Kier alpha value is -3.04. The van der Waals surface area contributed by atoms with Crippen molar-refractivity contribution in [3.8, 4) is 17.1 Å². The summed E-state index contributed by atoms with van der Waals surface area (Å²) in [5, 5.41) is 9.97. The first-order chi connectivity index (χ1) is 16.7. The van der Waals surface area contributed by atoms with Crippen LogP contribution in [0.4, 0.5) is 0 Å². The van der Waals surface area contributed by atoms with Crippen LogP contribution < -0.4 is 4.74 Å². The van der Waals surface area contributed by atoms with E-state index in [0.717, 1.165) is 40.9 Å². The fourth-order valence-corrected chi connectivity index (χ4v) is 5.11. The molecule has 0 amide bonds. The molecule has 1 unspecified atom stereocenters. The summed E-state index contributed by atoms with van der Waals surface area (Å²) in [6.07, 6.45) is 3.58. The molecule has 8 heteroatoms. The summed E-state index contributed by atoms with van der Waals surface area (Å²) in [5.41, 5.74) is 7.35. The number of fused-ring (bicyclic) bond motifs is 2. The van der Waals surface area contributed by atoms with Gasteiger partial charge in [0.15, 0.2) is 12.0 Å². The van der Waals surface area contributed by atoms with Crippen molar-refractivity contribution < 1.29 is 24.1 Å². The van der Waals surface area contributed by atoms with Crippen molar-refractivity contribution in [3.05, 3.63) is 53.6 Å². The van der Waals surface area contributed by atoms with Crippen molar-refractivity contribution in [1.29, 1.82) is 0 Å².